The van der Waals surface area contributed by atoms with Gasteiger partial charge < -0.3 is 19.5 Å². The second-order valence-electron chi connectivity index (χ2n) is 6.35. The van der Waals surface area contributed by atoms with Crippen molar-refractivity contribution in [2.45, 2.75) is 64.8 Å². The average Bonchev–Trinajstić information content (AvgIpc) is 2.44. The molecular formula is C14H25BO4. The largest absolute Gasteiger partial charge is 0.509 e. The van der Waals surface area contributed by atoms with Gasteiger partial charge in [0.2, 0.25) is 0 Å². The first-order valence-corrected chi connectivity index (χ1v) is 6.61. The van der Waals surface area contributed by atoms with Gasteiger partial charge in [-0.25, -0.2) is 0 Å². The monoisotopic (exact) mass is 268 g/mol. The molecule has 0 saturated carbocycles. The van der Waals surface area contributed by atoms with Gasteiger partial charge in [0.25, 0.3) is 0 Å². The lowest BCUT2D eigenvalue weighted by Crippen LogP contribution is -2.41. The van der Waals surface area contributed by atoms with E-state index in [9.17, 15) is 10.2 Å². The van der Waals surface area contributed by atoms with Gasteiger partial charge in [-0.05, 0) is 41.0 Å². The standard InChI is InChI=1S/C14H25BO4/c1-8-14(7,17)9-11(10(2)16)15-18-12(3,4)13(5,6)19-15/h9,16-17H,2,8H2,1,3-7H3/b11-9+. The van der Waals surface area contributed by atoms with Crippen molar-refractivity contribution < 1.29 is 19.5 Å². The topological polar surface area (TPSA) is 58.9 Å². The zero-order chi connectivity index (χ0) is 15.1. The number of rotatable bonds is 4. The van der Waals surface area contributed by atoms with E-state index in [2.05, 4.69) is 6.58 Å². The Kier molecular flexibility index (Phi) is 4.25. The molecule has 1 aliphatic rings. The zero-order valence-electron chi connectivity index (χ0n) is 12.8. The molecule has 1 fully saturated rings. The number of hydrogen-bond donors (Lipinski definition) is 2. The summed E-state index contributed by atoms with van der Waals surface area (Å²) in [6, 6.07) is 0. The lowest BCUT2D eigenvalue weighted by atomic mass is 9.74. The van der Waals surface area contributed by atoms with Crippen LogP contribution in [0.3, 0.4) is 0 Å². The van der Waals surface area contributed by atoms with E-state index in [1.807, 2.05) is 34.6 Å². The minimum Gasteiger partial charge on any atom is -0.509 e. The van der Waals surface area contributed by atoms with Gasteiger partial charge in [-0.1, -0.05) is 19.6 Å². The van der Waals surface area contributed by atoms with Crippen molar-refractivity contribution in [3.05, 3.63) is 23.9 Å². The Morgan fingerprint density at radius 1 is 1.26 bits per heavy atom. The molecule has 0 amide bonds. The molecule has 0 aromatic heterocycles. The van der Waals surface area contributed by atoms with Crippen LogP contribution in [0, 0.1) is 0 Å². The number of aliphatic hydroxyl groups is 2. The Morgan fingerprint density at radius 3 is 2.00 bits per heavy atom. The van der Waals surface area contributed by atoms with Crippen LogP contribution < -0.4 is 0 Å². The van der Waals surface area contributed by atoms with E-state index in [0.29, 0.717) is 11.9 Å². The van der Waals surface area contributed by atoms with E-state index in [-0.39, 0.29) is 5.76 Å². The summed E-state index contributed by atoms with van der Waals surface area (Å²) in [6.45, 7) is 14.8. The highest BCUT2D eigenvalue weighted by Gasteiger charge is 2.53. The Balaban J connectivity index is 3.09. The molecule has 2 N–H and O–H groups in total. The molecule has 4 nitrogen and oxygen atoms in total. The molecular weight excluding hydrogens is 243 g/mol. The molecule has 1 atom stereocenters. The molecule has 1 saturated heterocycles. The minimum atomic E-state index is -1.04. The summed E-state index contributed by atoms with van der Waals surface area (Å²) in [5.41, 5.74) is -1.65. The molecule has 19 heavy (non-hydrogen) atoms. The van der Waals surface area contributed by atoms with Crippen molar-refractivity contribution >= 4 is 7.12 Å². The Bertz CT molecular complexity index is 380. The summed E-state index contributed by atoms with van der Waals surface area (Å²) < 4.78 is 11.7. The first kappa shape index (κ1) is 16.3. The van der Waals surface area contributed by atoms with Crippen LogP contribution in [0.15, 0.2) is 23.9 Å². The molecule has 1 unspecified atom stereocenters. The lowest BCUT2D eigenvalue weighted by molar-refractivity contribution is 0.00578. The first-order valence-electron chi connectivity index (χ1n) is 6.61. The summed E-state index contributed by atoms with van der Waals surface area (Å²) in [5.74, 6) is -0.146. The Labute approximate surface area is 116 Å². The van der Waals surface area contributed by atoms with E-state index in [1.165, 1.54) is 0 Å². The summed E-state index contributed by atoms with van der Waals surface area (Å²) in [5, 5.41) is 19.9. The average molecular weight is 268 g/mol. The second kappa shape index (κ2) is 4.96. The second-order valence-corrected chi connectivity index (χ2v) is 6.35. The molecule has 0 aromatic rings. The van der Waals surface area contributed by atoms with Crippen molar-refractivity contribution in [3.8, 4) is 0 Å². The molecule has 0 spiro atoms. The van der Waals surface area contributed by atoms with Crippen LogP contribution in [0.5, 0.6) is 0 Å². The molecule has 0 aromatic carbocycles. The fourth-order valence-corrected chi connectivity index (χ4v) is 1.69. The third-order valence-corrected chi connectivity index (χ3v) is 4.02. The normalized spacial score (nSPS) is 25.2. The van der Waals surface area contributed by atoms with E-state index in [1.54, 1.807) is 13.0 Å². The summed E-state index contributed by atoms with van der Waals surface area (Å²) in [4.78, 5) is 0. The van der Waals surface area contributed by atoms with Crippen molar-refractivity contribution in [1.82, 2.24) is 0 Å². The maximum absolute atomic E-state index is 10.1. The van der Waals surface area contributed by atoms with Crippen molar-refractivity contribution in [2.75, 3.05) is 0 Å². The highest BCUT2D eigenvalue weighted by atomic mass is 16.7. The SMILES string of the molecule is C=C(O)/C(=C\C(C)(O)CC)B1OC(C)(C)C(C)(C)O1. The lowest BCUT2D eigenvalue weighted by Gasteiger charge is -2.32. The van der Waals surface area contributed by atoms with E-state index >= 15 is 0 Å². The van der Waals surface area contributed by atoms with Gasteiger partial charge in [-0.2, -0.15) is 0 Å². The van der Waals surface area contributed by atoms with Gasteiger partial charge in [-0.15, -0.1) is 0 Å². The smallest absolute Gasteiger partial charge is 0.498 e. The first-order chi connectivity index (χ1) is 8.42. The van der Waals surface area contributed by atoms with Gasteiger partial charge in [0.1, 0.15) is 5.76 Å². The Morgan fingerprint density at radius 2 is 1.68 bits per heavy atom. The number of allylic oxidation sites excluding steroid dienone is 1. The van der Waals surface area contributed by atoms with Crippen LogP contribution in [-0.2, 0) is 9.31 Å². The fourth-order valence-electron chi connectivity index (χ4n) is 1.69. The molecule has 1 heterocycles. The van der Waals surface area contributed by atoms with E-state index in [0.717, 1.165) is 0 Å². The van der Waals surface area contributed by atoms with Gasteiger partial charge in [0.05, 0.1) is 16.8 Å². The van der Waals surface area contributed by atoms with E-state index < -0.39 is 23.9 Å². The predicted molar refractivity (Wildman–Crippen MR) is 76.8 cm³/mol. The maximum Gasteiger partial charge on any atom is 0.498 e. The summed E-state index contributed by atoms with van der Waals surface area (Å²) >= 11 is 0. The van der Waals surface area contributed by atoms with Crippen LogP contribution in [0.25, 0.3) is 0 Å². The molecule has 108 valence electrons. The zero-order valence-corrected chi connectivity index (χ0v) is 12.8. The predicted octanol–water partition coefficient (Wildman–Crippen LogP) is 2.78. The Hall–Kier alpha value is -0.775. The van der Waals surface area contributed by atoms with Crippen LogP contribution >= 0.6 is 0 Å². The molecule has 5 heteroatoms. The highest BCUT2D eigenvalue weighted by molar-refractivity contribution is 6.56. The molecule has 0 radical (unpaired) electrons. The van der Waals surface area contributed by atoms with Crippen molar-refractivity contribution in [2.24, 2.45) is 0 Å². The minimum absolute atomic E-state index is 0.146. The third kappa shape index (κ3) is 3.41. The summed E-state index contributed by atoms with van der Waals surface area (Å²) in [7, 11) is -0.722. The third-order valence-electron chi connectivity index (χ3n) is 4.02. The quantitative estimate of drug-likeness (QED) is 0.467. The van der Waals surface area contributed by atoms with Crippen molar-refractivity contribution in [3.63, 3.8) is 0 Å². The number of hydrogen-bond acceptors (Lipinski definition) is 4. The van der Waals surface area contributed by atoms with Crippen LogP contribution in [0.1, 0.15) is 48.0 Å². The van der Waals surface area contributed by atoms with Gasteiger partial charge in [0.15, 0.2) is 0 Å². The van der Waals surface area contributed by atoms with Crippen molar-refractivity contribution in [1.29, 1.82) is 0 Å². The molecule has 0 aliphatic carbocycles. The highest BCUT2D eigenvalue weighted by Crippen LogP contribution is 2.39. The summed E-state index contributed by atoms with van der Waals surface area (Å²) in [6.07, 6.45) is 2.07. The van der Waals surface area contributed by atoms with Gasteiger partial charge in [0, 0.05) is 5.47 Å². The van der Waals surface area contributed by atoms with Crippen LogP contribution in [0.2, 0.25) is 0 Å². The molecule has 1 aliphatic heterocycles. The van der Waals surface area contributed by atoms with Crippen LogP contribution in [-0.4, -0.2) is 34.1 Å². The van der Waals surface area contributed by atoms with Gasteiger partial charge >= 0.3 is 7.12 Å². The van der Waals surface area contributed by atoms with Crippen LogP contribution in [0.4, 0.5) is 0 Å². The molecule has 0 bridgehead atoms. The number of aliphatic hydroxyl groups excluding tert-OH is 1. The van der Waals surface area contributed by atoms with Gasteiger partial charge in [-0.3, -0.25) is 0 Å². The van der Waals surface area contributed by atoms with E-state index in [4.69, 9.17) is 9.31 Å². The fraction of sp³-hybridized carbons (Fsp3) is 0.714. The maximum atomic E-state index is 10.1. The molecule has 1 rings (SSSR count).